The lowest BCUT2D eigenvalue weighted by Crippen LogP contribution is -2.38. The van der Waals surface area contributed by atoms with Gasteiger partial charge in [0.15, 0.2) is 5.96 Å². The van der Waals surface area contributed by atoms with Gasteiger partial charge >= 0.3 is 0 Å². The molecule has 0 fully saturated rings. The third-order valence-electron chi connectivity index (χ3n) is 4.93. The van der Waals surface area contributed by atoms with Crippen LogP contribution in [0.4, 0.5) is 0 Å². The van der Waals surface area contributed by atoms with Gasteiger partial charge in [-0.25, -0.2) is 0 Å². The zero-order chi connectivity index (χ0) is 18.9. The molecule has 0 bridgehead atoms. The van der Waals surface area contributed by atoms with Crippen LogP contribution in [0.15, 0.2) is 47.5 Å². The molecular formula is C22H29N3O2. The van der Waals surface area contributed by atoms with E-state index in [0.29, 0.717) is 38.0 Å². The first-order chi connectivity index (χ1) is 13.3. The number of aliphatic imine (C=N–C) groups is 1. The number of phenolic OH excluding ortho intramolecular Hbond substituents is 1. The van der Waals surface area contributed by atoms with Gasteiger partial charge in [0.05, 0.1) is 13.2 Å². The molecule has 3 rings (SSSR count). The number of fused-ring (bicyclic) bond motifs is 1. The smallest absolute Gasteiger partial charge is 0.191 e. The van der Waals surface area contributed by atoms with Gasteiger partial charge in [0.1, 0.15) is 5.75 Å². The number of nitrogens with one attached hydrogen (secondary N) is 2. The molecule has 0 radical (unpaired) electrons. The zero-order valence-corrected chi connectivity index (χ0v) is 16.0. The summed E-state index contributed by atoms with van der Waals surface area (Å²) in [5.41, 5.74) is 4.84. The second-order valence-electron chi connectivity index (χ2n) is 6.80. The van der Waals surface area contributed by atoms with Gasteiger partial charge in [-0.05, 0) is 48.4 Å². The molecule has 0 atom stereocenters. The van der Waals surface area contributed by atoms with E-state index in [2.05, 4.69) is 33.8 Å². The van der Waals surface area contributed by atoms with Crippen molar-refractivity contribution in [3.8, 4) is 5.75 Å². The Labute approximate surface area is 161 Å². The fourth-order valence-electron chi connectivity index (χ4n) is 3.49. The first-order valence-electron chi connectivity index (χ1n) is 9.66. The van der Waals surface area contributed by atoms with Crippen molar-refractivity contribution in [2.24, 2.45) is 4.99 Å². The topological polar surface area (TPSA) is 65.9 Å². The molecule has 0 aliphatic heterocycles. The average molecular weight is 367 g/mol. The fourth-order valence-corrected chi connectivity index (χ4v) is 3.49. The molecule has 5 nitrogen and oxygen atoms in total. The third-order valence-corrected chi connectivity index (χ3v) is 4.93. The second-order valence-corrected chi connectivity index (χ2v) is 6.80. The summed E-state index contributed by atoms with van der Waals surface area (Å²) in [4.78, 5) is 4.26. The molecule has 2 aromatic carbocycles. The van der Waals surface area contributed by atoms with Crippen molar-refractivity contribution in [2.75, 3.05) is 20.2 Å². The maximum Gasteiger partial charge on any atom is 0.191 e. The highest BCUT2D eigenvalue weighted by atomic mass is 16.5. The number of hydrogen-bond donors (Lipinski definition) is 3. The number of rotatable bonds is 7. The molecule has 5 heteroatoms. The molecule has 0 unspecified atom stereocenters. The van der Waals surface area contributed by atoms with Gasteiger partial charge in [-0.3, -0.25) is 4.99 Å². The van der Waals surface area contributed by atoms with Gasteiger partial charge in [0.2, 0.25) is 0 Å². The molecule has 0 heterocycles. The highest BCUT2D eigenvalue weighted by Gasteiger charge is 2.16. The van der Waals surface area contributed by atoms with Gasteiger partial charge < -0.3 is 20.5 Å². The molecule has 0 saturated heterocycles. The maximum atomic E-state index is 10.3. The molecule has 1 aliphatic rings. The van der Waals surface area contributed by atoms with Gasteiger partial charge in [0.25, 0.3) is 0 Å². The van der Waals surface area contributed by atoms with E-state index in [-0.39, 0.29) is 0 Å². The fraction of sp³-hybridized carbons (Fsp3) is 0.409. The molecule has 0 amide bonds. The van der Waals surface area contributed by atoms with E-state index in [9.17, 15) is 5.11 Å². The molecule has 2 aromatic rings. The molecule has 0 spiro atoms. The number of aryl methyl sites for hydroxylation is 1. The molecule has 27 heavy (non-hydrogen) atoms. The lowest BCUT2D eigenvalue weighted by atomic mass is 9.88. The van der Waals surface area contributed by atoms with Crippen LogP contribution in [-0.2, 0) is 30.7 Å². The van der Waals surface area contributed by atoms with Crippen LogP contribution in [0.3, 0.4) is 0 Å². The van der Waals surface area contributed by atoms with Crippen LogP contribution < -0.4 is 10.6 Å². The molecule has 144 valence electrons. The standard InChI is InChI=1S/C22H29N3O2/c1-23-22(24-13-14-27-16-17-7-3-2-4-8-17)25-15-20-19-10-6-5-9-18(19)11-12-21(20)26/h2-4,7-8,11-12,26H,5-6,9-10,13-16H2,1H3,(H2,23,24,25). The van der Waals surface area contributed by atoms with Gasteiger partial charge in [-0.2, -0.15) is 0 Å². The summed E-state index contributed by atoms with van der Waals surface area (Å²) in [6.07, 6.45) is 4.57. The van der Waals surface area contributed by atoms with Crippen LogP contribution in [0.25, 0.3) is 0 Å². The Morgan fingerprint density at radius 2 is 1.89 bits per heavy atom. The van der Waals surface area contributed by atoms with E-state index in [4.69, 9.17) is 4.74 Å². The number of ether oxygens (including phenoxy) is 1. The van der Waals surface area contributed by atoms with Crippen LogP contribution in [0.1, 0.15) is 35.1 Å². The van der Waals surface area contributed by atoms with Crippen LogP contribution in [-0.4, -0.2) is 31.3 Å². The van der Waals surface area contributed by atoms with Crippen LogP contribution in [0, 0.1) is 0 Å². The summed E-state index contributed by atoms with van der Waals surface area (Å²) in [7, 11) is 1.75. The van der Waals surface area contributed by atoms with Crippen molar-refractivity contribution in [3.05, 3.63) is 64.7 Å². The summed E-state index contributed by atoms with van der Waals surface area (Å²) in [5.74, 6) is 1.08. The first-order valence-corrected chi connectivity index (χ1v) is 9.66. The summed E-state index contributed by atoms with van der Waals surface area (Å²) in [6, 6.07) is 14.0. The number of phenols is 1. The average Bonchev–Trinajstić information content (AvgIpc) is 2.72. The van der Waals surface area contributed by atoms with E-state index in [1.54, 1.807) is 7.05 Å². The van der Waals surface area contributed by atoms with Crippen LogP contribution in [0.5, 0.6) is 5.75 Å². The Bertz CT molecular complexity index is 760. The number of hydrogen-bond acceptors (Lipinski definition) is 3. The van der Waals surface area contributed by atoms with Crippen molar-refractivity contribution < 1.29 is 9.84 Å². The molecule has 3 N–H and O–H groups in total. The second kappa shape index (κ2) is 9.97. The van der Waals surface area contributed by atoms with Gasteiger partial charge in [0, 0.05) is 25.7 Å². The number of aromatic hydroxyl groups is 1. The molecule has 0 aromatic heterocycles. The van der Waals surface area contributed by atoms with Crippen molar-refractivity contribution in [3.63, 3.8) is 0 Å². The molecule has 1 aliphatic carbocycles. The van der Waals surface area contributed by atoms with Gasteiger partial charge in [-0.15, -0.1) is 0 Å². The Balaban J connectivity index is 1.44. The number of nitrogens with zero attached hydrogens (tertiary/aromatic N) is 1. The molecular weight excluding hydrogens is 338 g/mol. The summed E-state index contributed by atoms with van der Waals surface area (Å²) < 4.78 is 5.69. The van der Waals surface area contributed by atoms with E-state index in [0.717, 1.165) is 18.4 Å². The van der Waals surface area contributed by atoms with Crippen LogP contribution >= 0.6 is 0 Å². The SMILES string of the molecule is CN=C(NCCOCc1ccccc1)NCc1c(O)ccc2c1CCCC2. The van der Waals surface area contributed by atoms with E-state index in [1.807, 2.05) is 24.3 Å². The number of guanidine groups is 1. The lowest BCUT2D eigenvalue weighted by molar-refractivity contribution is 0.125. The summed E-state index contributed by atoms with van der Waals surface area (Å²) >= 11 is 0. The Morgan fingerprint density at radius 3 is 2.70 bits per heavy atom. The predicted molar refractivity (Wildman–Crippen MR) is 109 cm³/mol. The minimum atomic E-state index is 0.366. The van der Waals surface area contributed by atoms with Crippen LogP contribution in [0.2, 0.25) is 0 Å². The summed E-state index contributed by atoms with van der Waals surface area (Å²) in [6.45, 7) is 2.45. The normalized spacial score (nSPS) is 13.9. The Morgan fingerprint density at radius 1 is 1.07 bits per heavy atom. The highest BCUT2D eigenvalue weighted by Crippen LogP contribution is 2.30. The third kappa shape index (κ3) is 5.47. The van der Waals surface area contributed by atoms with E-state index < -0.39 is 0 Å². The first kappa shape index (κ1) is 19.2. The summed E-state index contributed by atoms with van der Waals surface area (Å²) in [5, 5.41) is 16.9. The van der Waals surface area contributed by atoms with E-state index >= 15 is 0 Å². The van der Waals surface area contributed by atoms with Crippen molar-refractivity contribution in [1.29, 1.82) is 0 Å². The lowest BCUT2D eigenvalue weighted by Gasteiger charge is -2.21. The van der Waals surface area contributed by atoms with E-state index in [1.165, 1.54) is 29.5 Å². The highest BCUT2D eigenvalue weighted by molar-refractivity contribution is 5.79. The zero-order valence-electron chi connectivity index (χ0n) is 16.0. The predicted octanol–water partition coefficient (Wildman–Crippen LogP) is 3.15. The Kier molecular flexibility index (Phi) is 7.11. The van der Waals surface area contributed by atoms with Crippen molar-refractivity contribution in [1.82, 2.24) is 10.6 Å². The van der Waals surface area contributed by atoms with Gasteiger partial charge in [-0.1, -0.05) is 36.4 Å². The minimum Gasteiger partial charge on any atom is -0.508 e. The minimum absolute atomic E-state index is 0.366. The van der Waals surface area contributed by atoms with Crippen molar-refractivity contribution >= 4 is 5.96 Å². The monoisotopic (exact) mass is 367 g/mol. The maximum absolute atomic E-state index is 10.3. The van der Waals surface area contributed by atoms with Crippen molar-refractivity contribution in [2.45, 2.75) is 38.8 Å². The quantitative estimate of drug-likeness (QED) is 0.400. The molecule has 0 saturated carbocycles. The largest absolute Gasteiger partial charge is 0.508 e. The Hall–Kier alpha value is -2.53. The number of benzene rings is 2.